The highest BCUT2D eigenvalue weighted by molar-refractivity contribution is 6.30. The van der Waals surface area contributed by atoms with E-state index in [1.165, 1.54) is 6.20 Å². The Morgan fingerprint density at radius 3 is 2.17 bits per heavy atom. The highest BCUT2D eigenvalue weighted by atomic mass is 35.5. The van der Waals surface area contributed by atoms with E-state index in [4.69, 9.17) is 28.5 Å². The van der Waals surface area contributed by atoms with Crippen molar-refractivity contribution < 1.29 is 4.79 Å². The fourth-order valence-electron chi connectivity index (χ4n) is 1.73. The van der Waals surface area contributed by atoms with Crippen LogP contribution in [0, 0.1) is 11.3 Å². The molecule has 1 amide bonds. The molecular weight excluding hydrogens is 333 g/mol. The van der Waals surface area contributed by atoms with Gasteiger partial charge in [-0.2, -0.15) is 5.26 Å². The first kappa shape index (κ1) is 16.9. The molecule has 0 unspecified atom stereocenters. The Labute approximate surface area is 144 Å². The molecule has 2 aromatic carbocycles. The third-order valence-electron chi connectivity index (χ3n) is 2.96. The number of halogens is 2. The van der Waals surface area contributed by atoms with E-state index < -0.39 is 5.91 Å². The van der Waals surface area contributed by atoms with Gasteiger partial charge in [-0.05, 0) is 42.0 Å². The Balaban J connectivity index is 1.95. The summed E-state index contributed by atoms with van der Waals surface area (Å²) >= 11 is 11.6. The highest BCUT2D eigenvalue weighted by Gasteiger charge is 2.08. The van der Waals surface area contributed by atoms with Crippen molar-refractivity contribution in [1.29, 1.82) is 5.26 Å². The Morgan fingerprint density at radius 1 is 1.04 bits per heavy atom. The predicted molar refractivity (Wildman–Crippen MR) is 92.1 cm³/mol. The molecule has 4 nitrogen and oxygen atoms in total. The van der Waals surface area contributed by atoms with Gasteiger partial charge < -0.3 is 10.6 Å². The summed E-state index contributed by atoms with van der Waals surface area (Å²) in [5, 5.41) is 15.9. The molecule has 2 rings (SSSR count). The van der Waals surface area contributed by atoms with Gasteiger partial charge in [0.25, 0.3) is 5.91 Å². The van der Waals surface area contributed by atoms with Crippen molar-refractivity contribution in [1.82, 2.24) is 5.32 Å². The van der Waals surface area contributed by atoms with Crippen molar-refractivity contribution in [2.45, 2.75) is 6.54 Å². The molecule has 0 saturated carbocycles. The maximum absolute atomic E-state index is 12.0. The maximum atomic E-state index is 12.0. The second kappa shape index (κ2) is 8.23. The van der Waals surface area contributed by atoms with E-state index in [-0.39, 0.29) is 5.57 Å². The monoisotopic (exact) mass is 345 g/mol. The van der Waals surface area contributed by atoms with Gasteiger partial charge in [0.1, 0.15) is 11.6 Å². The molecule has 0 aliphatic carbocycles. The van der Waals surface area contributed by atoms with Gasteiger partial charge in [-0.15, -0.1) is 0 Å². The van der Waals surface area contributed by atoms with Crippen molar-refractivity contribution in [3.8, 4) is 6.07 Å². The second-order valence-electron chi connectivity index (χ2n) is 4.63. The molecule has 0 radical (unpaired) electrons. The van der Waals surface area contributed by atoms with Gasteiger partial charge >= 0.3 is 0 Å². The van der Waals surface area contributed by atoms with Crippen molar-refractivity contribution in [2.75, 3.05) is 5.32 Å². The molecule has 0 bridgehead atoms. The zero-order valence-corrected chi connectivity index (χ0v) is 13.5. The summed E-state index contributed by atoms with van der Waals surface area (Å²) in [5.74, 6) is -0.455. The summed E-state index contributed by atoms with van der Waals surface area (Å²) in [5.41, 5.74) is 1.60. The molecule has 2 aromatic rings. The standard InChI is InChI=1S/C17H13Cl2N3O/c18-14-3-1-12(2-4-14)10-22-17(23)13(9-20)11-21-16-7-5-15(19)6-8-16/h1-8,11,21H,10H2,(H,22,23)/b13-11-. The average Bonchev–Trinajstić information content (AvgIpc) is 2.56. The van der Waals surface area contributed by atoms with E-state index in [1.807, 2.05) is 18.2 Å². The fraction of sp³-hybridized carbons (Fsp3) is 0.0588. The number of benzene rings is 2. The summed E-state index contributed by atoms with van der Waals surface area (Å²) < 4.78 is 0. The topological polar surface area (TPSA) is 64.9 Å². The lowest BCUT2D eigenvalue weighted by molar-refractivity contribution is -0.117. The first-order chi connectivity index (χ1) is 11.1. The zero-order chi connectivity index (χ0) is 16.7. The number of hydrogen-bond donors (Lipinski definition) is 2. The van der Waals surface area contributed by atoms with E-state index >= 15 is 0 Å². The Morgan fingerprint density at radius 2 is 1.61 bits per heavy atom. The van der Waals surface area contributed by atoms with Crippen molar-refractivity contribution >= 4 is 34.8 Å². The van der Waals surface area contributed by atoms with Gasteiger partial charge in [-0.1, -0.05) is 35.3 Å². The van der Waals surface area contributed by atoms with Gasteiger partial charge in [0.2, 0.25) is 0 Å². The minimum atomic E-state index is -0.455. The largest absolute Gasteiger partial charge is 0.360 e. The van der Waals surface area contributed by atoms with Crippen LogP contribution in [0.25, 0.3) is 0 Å². The smallest absolute Gasteiger partial charge is 0.263 e. The van der Waals surface area contributed by atoms with Crippen LogP contribution >= 0.6 is 23.2 Å². The Bertz CT molecular complexity index is 747. The summed E-state index contributed by atoms with van der Waals surface area (Å²) in [4.78, 5) is 12.0. The zero-order valence-electron chi connectivity index (χ0n) is 12.0. The normalized spacial score (nSPS) is 10.7. The molecule has 0 aromatic heterocycles. The Hall–Kier alpha value is -2.48. The lowest BCUT2D eigenvalue weighted by Gasteiger charge is -2.06. The lowest BCUT2D eigenvalue weighted by atomic mass is 10.2. The summed E-state index contributed by atoms with van der Waals surface area (Å²) in [6.07, 6.45) is 1.36. The van der Waals surface area contributed by atoms with Crippen molar-refractivity contribution in [2.24, 2.45) is 0 Å². The van der Waals surface area contributed by atoms with Crippen LogP contribution in [0.15, 0.2) is 60.3 Å². The van der Waals surface area contributed by atoms with Crippen LogP contribution in [0.5, 0.6) is 0 Å². The van der Waals surface area contributed by atoms with Gasteiger partial charge in [0.15, 0.2) is 0 Å². The first-order valence-electron chi connectivity index (χ1n) is 6.73. The molecule has 0 saturated heterocycles. The highest BCUT2D eigenvalue weighted by Crippen LogP contribution is 2.14. The van der Waals surface area contributed by atoms with Crippen LogP contribution < -0.4 is 10.6 Å². The number of carbonyl (C=O) groups is 1. The van der Waals surface area contributed by atoms with Crippen LogP contribution in [0.1, 0.15) is 5.56 Å². The van der Waals surface area contributed by atoms with Crippen LogP contribution in [-0.4, -0.2) is 5.91 Å². The van der Waals surface area contributed by atoms with E-state index in [0.29, 0.717) is 16.6 Å². The van der Waals surface area contributed by atoms with Gasteiger partial charge in [0.05, 0.1) is 0 Å². The van der Waals surface area contributed by atoms with Gasteiger partial charge in [-0.3, -0.25) is 4.79 Å². The van der Waals surface area contributed by atoms with E-state index in [0.717, 1.165) is 11.3 Å². The number of carbonyl (C=O) groups excluding carboxylic acids is 1. The molecule has 0 fully saturated rings. The van der Waals surface area contributed by atoms with Crippen molar-refractivity contribution in [3.63, 3.8) is 0 Å². The molecule has 116 valence electrons. The molecular formula is C17H13Cl2N3O. The third-order valence-corrected chi connectivity index (χ3v) is 3.46. The van der Waals surface area contributed by atoms with E-state index in [1.54, 1.807) is 36.4 Å². The number of hydrogen-bond acceptors (Lipinski definition) is 3. The molecule has 0 atom stereocenters. The fourth-order valence-corrected chi connectivity index (χ4v) is 1.98. The molecule has 0 heterocycles. The minimum Gasteiger partial charge on any atom is -0.360 e. The quantitative estimate of drug-likeness (QED) is 0.632. The summed E-state index contributed by atoms with van der Waals surface area (Å²) in [7, 11) is 0. The molecule has 23 heavy (non-hydrogen) atoms. The van der Waals surface area contributed by atoms with Crippen LogP contribution in [0.2, 0.25) is 10.0 Å². The number of nitrogens with zero attached hydrogens (tertiary/aromatic N) is 1. The van der Waals surface area contributed by atoms with Crippen LogP contribution in [0.3, 0.4) is 0 Å². The molecule has 2 N–H and O–H groups in total. The SMILES string of the molecule is N#C/C(=C/Nc1ccc(Cl)cc1)C(=O)NCc1ccc(Cl)cc1. The lowest BCUT2D eigenvalue weighted by Crippen LogP contribution is -2.24. The summed E-state index contributed by atoms with van der Waals surface area (Å²) in [6.45, 7) is 0.315. The number of amides is 1. The maximum Gasteiger partial charge on any atom is 0.263 e. The van der Waals surface area contributed by atoms with Crippen LogP contribution in [-0.2, 0) is 11.3 Å². The number of nitrogens with one attached hydrogen (secondary N) is 2. The molecule has 0 aliphatic heterocycles. The number of nitriles is 1. The van der Waals surface area contributed by atoms with Gasteiger partial charge in [-0.25, -0.2) is 0 Å². The second-order valence-corrected chi connectivity index (χ2v) is 5.50. The van der Waals surface area contributed by atoms with E-state index in [9.17, 15) is 4.79 Å². The average molecular weight is 346 g/mol. The number of anilines is 1. The number of rotatable bonds is 5. The van der Waals surface area contributed by atoms with Gasteiger partial charge in [0, 0.05) is 28.5 Å². The molecule has 6 heteroatoms. The molecule has 0 spiro atoms. The van der Waals surface area contributed by atoms with Crippen molar-refractivity contribution in [3.05, 3.63) is 75.9 Å². The Kier molecular flexibility index (Phi) is 6.04. The van der Waals surface area contributed by atoms with E-state index in [2.05, 4.69) is 10.6 Å². The predicted octanol–water partition coefficient (Wildman–Crippen LogP) is 4.13. The summed E-state index contributed by atoms with van der Waals surface area (Å²) in [6, 6.07) is 15.9. The van der Waals surface area contributed by atoms with Crippen LogP contribution in [0.4, 0.5) is 5.69 Å². The first-order valence-corrected chi connectivity index (χ1v) is 7.49. The third kappa shape index (κ3) is 5.33. The molecule has 0 aliphatic rings. The minimum absolute atomic E-state index is 0.0195.